The van der Waals surface area contributed by atoms with E-state index >= 15 is 0 Å². The summed E-state index contributed by atoms with van der Waals surface area (Å²) in [5, 5.41) is 4.12. The molecule has 0 aliphatic rings. The van der Waals surface area contributed by atoms with Crippen molar-refractivity contribution in [1.82, 2.24) is 0 Å². The average Bonchev–Trinajstić information content (AvgIpc) is 2.59. The van der Waals surface area contributed by atoms with Gasteiger partial charge in [0.2, 0.25) is 0 Å². The molecule has 2 heteroatoms. The van der Waals surface area contributed by atoms with Crippen LogP contribution < -0.4 is 15.9 Å². The molecular formula is C19H15PW+2. The van der Waals surface area contributed by atoms with Crippen molar-refractivity contribution in [2.45, 2.75) is 0 Å². The van der Waals surface area contributed by atoms with Gasteiger partial charge in [-0.1, -0.05) is 0 Å². The Morgan fingerprint density at radius 2 is 0.810 bits per heavy atom. The fourth-order valence-corrected chi connectivity index (χ4v) is 9.04. The van der Waals surface area contributed by atoms with Crippen LogP contribution >= 0.6 is 7.26 Å². The fraction of sp³-hybridized carbons (Fsp3) is 0. The van der Waals surface area contributed by atoms with E-state index in [4.69, 9.17) is 0 Å². The van der Waals surface area contributed by atoms with E-state index in [2.05, 4.69) is 94.9 Å². The van der Waals surface area contributed by atoms with Crippen molar-refractivity contribution in [3.63, 3.8) is 0 Å². The second-order valence-corrected chi connectivity index (χ2v) is 9.81. The molecule has 0 heterocycles. The van der Waals surface area contributed by atoms with Gasteiger partial charge in [-0.05, 0) is 0 Å². The van der Waals surface area contributed by atoms with Crippen LogP contribution in [0, 0.1) is 3.94 Å². The Morgan fingerprint density at radius 1 is 0.524 bits per heavy atom. The van der Waals surface area contributed by atoms with E-state index in [1.165, 1.54) is 35.1 Å². The molecule has 0 unspecified atom stereocenters. The van der Waals surface area contributed by atoms with Crippen LogP contribution in [0.2, 0.25) is 0 Å². The van der Waals surface area contributed by atoms with Crippen molar-refractivity contribution < 1.29 is 19.2 Å². The average molecular weight is 458 g/mol. The Balaban J connectivity index is 2.32. The first-order valence-electron chi connectivity index (χ1n) is 6.83. The molecule has 3 rings (SSSR count). The molecule has 0 N–H and O–H groups in total. The minimum absolute atomic E-state index is 1.37. The van der Waals surface area contributed by atoms with Crippen LogP contribution in [0.4, 0.5) is 0 Å². The fourth-order valence-electron chi connectivity index (χ4n) is 2.56. The predicted octanol–water partition coefficient (Wildman–Crippen LogP) is 3.44. The summed E-state index contributed by atoms with van der Waals surface area (Å²) in [7, 11) is -1.75. The van der Waals surface area contributed by atoms with E-state index in [9.17, 15) is 0 Å². The van der Waals surface area contributed by atoms with E-state index in [0.29, 0.717) is 0 Å². The molecule has 0 spiro atoms. The van der Waals surface area contributed by atoms with Gasteiger partial charge in [0, 0.05) is 0 Å². The van der Waals surface area contributed by atoms with Crippen molar-refractivity contribution in [3.05, 3.63) is 91.0 Å². The van der Waals surface area contributed by atoms with Crippen LogP contribution in [0.5, 0.6) is 0 Å². The zero-order valence-corrected chi connectivity index (χ0v) is 15.3. The zero-order chi connectivity index (χ0) is 14.5. The molecule has 0 radical (unpaired) electrons. The molecule has 0 aliphatic carbocycles. The number of hydrogen-bond donors (Lipinski definition) is 0. The van der Waals surface area contributed by atoms with E-state index in [0.717, 1.165) is 0 Å². The summed E-state index contributed by atoms with van der Waals surface area (Å²) in [6.45, 7) is 0. The topological polar surface area (TPSA) is 0 Å². The van der Waals surface area contributed by atoms with Gasteiger partial charge >= 0.3 is 137 Å². The van der Waals surface area contributed by atoms with Gasteiger partial charge in [0.15, 0.2) is 0 Å². The molecule has 0 bridgehead atoms. The summed E-state index contributed by atoms with van der Waals surface area (Å²) < 4.78 is 3.76. The molecule has 0 amide bonds. The quantitative estimate of drug-likeness (QED) is 0.528. The third-order valence-corrected chi connectivity index (χ3v) is 10.0. The third kappa shape index (κ3) is 2.68. The van der Waals surface area contributed by atoms with Crippen LogP contribution in [0.1, 0.15) is 0 Å². The summed E-state index contributed by atoms with van der Waals surface area (Å²) in [5.74, 6) is 0. The van der Waals surface area contributed by atoms with Gasteiger partial charge in [-0.15, -0.1) is 0 Å². The van der Waals surface area contributed by atoms with E-state index in [-0.39, 0.29) is 0 Å². The molecule has 3 aromatic carbocycles. The first-order chi connectivity index (χ1) is 10.4. The molecule has 21 heavy (non-hydrogen) atoms. The van der Waals surface area contributed by atoms with Gasteiger partial charge in [0.05, 0.1) is 0 Å². The molecule has 100 valence electrons. The molecule has 0 fully saturated rings. The molecule has 0 saturated heterocycles. The molecule has 0 atom stereocenters. The van der Waals surface area contributed by atoms with Crippen LogP contribution in [0.3, 0.4) is 0 Å². The number of hydrogen-bond acceptors (Lipinski definition) is 0. The first kappa shape index (κ1) is 14.5. The normalized spacial score (nSPS) is 10.8. The van der Waals surface area contributed by atoms with E-state index < -0.39 is 7.26 Å². The Bertz CT molecular complexity index is 649. The van der Waals surface area contributed by atoms with Gasteiger partial charge in [0.1, 0.15) is 0 Å². The van der Waals surface area contributed by atoms with E-state index in [1.54, 1.807) is 0 Å². The second-order valence-electron chi connectivity index (χ2n) is 4.77. The Morgan fingerprint density at radius 3 is 1.05 bits per heavy atom. The maximum absolute atomic E-state index is 3.76. The molecular weight excluding hydrogens is 443 g/mol. The van der Waals surface area contributed by atoms with Crippen molar-refractivity contribution in [3.8, 4) is 3.94 Å². The molecule has 0 aliphatic heterocycles. The van der Waals surface area contributed by atoms with E-state index in [1.807, 2.05) is 0 Å². The molecule has 0 aromatic heterocycles. The Labute approximate surface area is 137 Å². The number of rotatable bonds is 3. The van der Waals surface area contributed by atoms with Gasteiger partial charge in [0.25, 0.3) is 0 Å². The molecule has 3 aromatic rings. The SMILES string of the molecule is [W+]#[C][P+](c1ccccc1)(c1ccccc1)c1ccccc1. The predicted molar refractivity (Wildman–Crippen MR) is 89.0 cm³/mol. The standard InChI is InChI=1S/C19H15P.W/c1-20(17-11-5-2-6-12-17,18-13-7-3-8-14-18)19-15-9-4-10-16-19;/h2-16H;/q2*+1. The van der Waals surface area contributed by atoms with Gasteiger partial charge in [-0.25, -0.2) is 0 Å². The van der Waals surface area contributed by atoms with Crippen molar-refractivity contribution in [2.24, 2.45) is 0 Å². The summed E-state index contributed by atoms with van der Waals surface area (Å²) in [5.41, 5.74) is 0. The summed E-state index contributed by atoms with van der Waals surface area (Å²) in [6.07, 6.45) is 0. The van der Waals surface area contributed by atoms with Crippen LogP contribution in [-0.4, -0.2) is 0 Å². The van der Waals surface area contributed by atoms with Crippen molar-refractivity contribution in [1.29, 1.82) is 0 Å². The van der Waals surface area contributed by atoms with Crippen LogP contribution in [0.25, 0.3) is 0 Å². The Hall–Kier alpha value is -1.44. The van der Waals surface area contributed by atoms with Gasteiger partial charge in [-0.3, -0.25) is 0 Å². The monoisotopic (exact) mass is 458 g/mol. The van der Waals surface area contributed by atoms with Gasteiger partial charge in [-0.2, -0.15) is 0 Å². The first-order valence-corrected chi connectivity index (χ1v) is 10.1. The zero-order valence-electron chi connectivity index (χ0n) is 11.5. The summed E-state index contributed by atoms with van der Waals surface area (Å²) in [6, 6.07) is 32.4. The molecule has 0 saturated carbocycles. The summed E-state index contributed by atoms with van der Waals surface area (Å²) in [4.78, 5) is 0. The maximum atomic E-state index is 3.76. The second kappa shape index (κ2) is 6.55. The van der Waals surface area contributed by atoms with Crippen LogP contribution in [0.15, 0.2) is 91.0 Å². The van der Waals surface area contributed by atoms with Crippen molar-refractivity contribution >= 4 is 23.2 Å². The number of benzene rings is 3. The van der Waals surface area contributed by atoms with Gasteiger partial charge < -0.3 is 0 Å². The Kier molecular flexibility index (Phi) is 4.52. The molecule has 0 nitrogen and oxygen atoms in total. The summed E-state index contributed by atoms with van der Waals surface area (Å²) >= 11 is 1.40. The minimum atomic E-state index is -1.75. The van der Waals surface area contributed by atoms with Crippen molar-refractivity contribution in [2.75, 3.05) is 0 Å². The van der Waals surface area contributed by atoms with Crippen LogP contribution in [-0.2, 0) is 19.2 Å². The third-order valence-electron chi connectivity index (χ3n) is 3.57.